The molecule has 0 spiro atoms. The van der Waals surface area contributed by atoms with Crippen LogP contribution < -0.4 is 25.4 Å². The Balaban J connectivity index is 1.94. The molecule has 0 saturated heterocycles. The molecule has 2 aromatic carbocycles. The normalized spacial score (nSPS) is 10.7. The molecule has 2 aromatic rings. The van der Waals surface area contributed by atoms with E-state index in [0.29, 0.717) is 31.3 Å². The number of rotatable bonds is 10. The lowest BCUT2D eigenvalue weighted by Gasteiger charge is -2.13. The molecule has 0 atom stereocenters. The van der Waals surface area contributed by atoms with Gasteiger partial charge in [-0.2, -0.15) is 5.10 Å². The van der Waals surface area contributed by atoms with Gasteiger partial charge in [0.05, 0.1) is 12.8 Å². The summed E-state index contributed by atoms with van der Waals surface area (Å²) in [5.74, 6) is 2.05. The molecule has 28 heavy (non-hydrogen) atoms. The van der Waals surface area contributed by atoms with Crippen LogP contribution in [0, 0.1) is 6.92 Å². The Hall–Kier alpha value is -3.22. The van der Waals surface area contributed by atoms with Gasteiger partial charge >= 0.3 is 6.03 Å². The van der Waals surface area contributed by atoms with E-state index in [1.807, 2.05) is 19.1 Å². The number of carbonyl (C=O) groups is 1. The van der Waals surface area contributed by atoms with Crippen LogP contribution in [-0.2, 0) is 6.42 Å². The molecule has 0 aliphatic carbocycles. The van der Waals surface area contributed by atoms with Crippen LogP contribution in [0.4, 0.5) is 4.79 Å². The molecule has 0 heterocycles. The smallest absolute Gasteiger partial charge is 0.332 e. The van der Waals surface area contributed by atoms with Crippen LogP contribution in [0.1, 0.15) is 30.5 Å². The van der Waals surface area contributed by atoms with E-state index in [-0.39, 0.29) is 0 Å². The van der Waals surface area contributed by atoms with E-state index in [9.17, 15) is 4.79 Å². The quantitative estimate of drug-likeness (QED) is 0.372. The zero-order chi connectivity index (χ0) is 20.4. The third kappa shape index (κ3) is 6.83. The van der Waals surface area contributed by atoms with Crippen LogP contribution >= 0.6 is 0 Å². The van der Waals surface area contributed by atoms with Crippen molar-refractivity contribution in [3.05, 3.63) is 53.1 Å². The minimum Gasteiger partial charge on any atom is -0.490 e. The molecular weight excluding hydrogens is 358 g/mol. The number of nitrogens with zero attached hydrogens (tertiary/aromatic N) is 1. The van der Waals surface area contributed by atoms with Crippen molar-refractivity contribution < 1.29 is 19.0 Å². The molecule has 0 saturated carbocycles. The van der Waals surface area contributed by atoms with Crippen molar-refractivity contribution in [2.24, 2.45) is 10.8 Å². The van der Waals surface area contributed by atoms with E-state index < -0.39 is 6.03 Å². The Morgan fingerprint density at radius 3 is 2.57 bits per heavy atom. The van der Waals surface area contributed by atoms with Crippen molar-refractivity contribution in [1.29, 1.82) is 0 Å². The molecule has 150 valence electrons. The largest absolute Gasteiger partial charge is 0.490 e. The predicted molar refractivity (Wildman–Crippen MR) is 109 cm³/mol. The van der Waals surface area contributed by atoms with Crippen molar-refractivity contribution in [1.82, 2.24) is 5.43 Å². The number of primary amides is 1. The topological polar surface area (TPSA) is 95.2 Å². The summed E-state index contributed by atoms with van der Waals surface area (Å²) in [4.78, 5) is 10.7. The molecule has 7 heteroatoms. The number of hydrogen-bond acceptors (Lipinski definition) is 5. The van der Waals surface area contributed by atoms with E-state index in [2.05, 4.69) is 30.4 Å². The number of hydrazone groups is 1. The molecule has 0 aromatic heterocycles. The second-order valence-electron chi connectivity index (χ2n) is 6.08. The SMILES string of the molecule is CCOc1cc(/C=N/NC(N)=O)ccc1OCCOc1cc(C)cc(CC)c1. The first-order valence-electron chi connectivity index (χ1n) is 9.23. The number of aryl methyl sites for hydroxylation is 2. The van der Waals surface area contributed by atoms with Gasteiger partial charge in [0.25, 0.3) is 0 Å². The zero-order valence-electron chi connectivity index (χ0n) is 16.5. The van der Waals surface area contributed by atoms with Crippen molar-refractivity contribution in [2.45, 2.75) is 27.2 Å². The molecule has 0 aliphatic rings. The summed E-state index contributed by atoms with van der Waals surface area (Å²) < 4.78 is 17.2. The maximum absolute atomic E-state index is 10.7. The van der Waals surface area contributed by atoms with Crippen LogP contribution in [0.25, 0.3) is 0 Å². The minimum atomic E-state index is -0.721. The fourth-order valence-electron chi connectivity index (χ4n) is 2.59. The van der Waals surface area contributed by atoms with Gasteiger partial charge in [-0.3, -0.25) is 0 Å². The molecule has 0 fully saturated rings. The van der Waals surface area contributed by atoms with Crippen molar-refractivity contribution in [3.8, 4) is 17.2 Å². The molecule has 3 N–H and O–H groups in total. The summed E-state index contributed by atoms with van der Waals surface area (Å²) in [6, 6.07) is 10.9. The number of nitrogens with one attached hydrogen (secondary N) is 1. The maximum atomic E-state index is 10.7. The number of benzene rings is 2. The number of carbonyl (C=O) groups excluding carboxylic acids is 1. The van der Waals surface area contributed by atoms with E-state index >= 15 is 0 Å². The molecule has 2 amide bonds. The average molecular weight is 385 g/mol. The lowest BCUT2D eigenvalue weighted by molar-refractivity contribution is 0.208. The summed E-state index contributed by atoms with van der Waals surface area (Å²) >= 11 is 0. The summed E-state index contributed by atoms with van der Waals surface area (Å²) in [5.41, 5.74) is 10.3. The Bertz CT molecular complexity index is 821. The number of amides is 2. The second kappa shape index (κ2) is 10.8. The standard InChI is InChI=1S/C21H27N3O4/c1-4-16-10-15(3)11-18(12-16)27-8-9-28-19-7-6-17(13-20(19)26-5-2)14-23-24-21(22)25/h6-7,10-14H,4-5,8-9H2,1-3H3,(H3,22,24,25)/b23-14+. The van der Waals surface area contributed by atoms with Crippen LogP contribution in [-0.4, -0.2) is 32.1 Å². The maximum Gasteiger partial charge on any atom is 0.332 e. The molecular formula is C21H27N3O4. The first kappa shape index (κ1) is 21.1. The number of ether oxygens (including phenoxy) is 3. The fourth-order valence-corrected chi connectivity index (χ4v) is 2.59. The van der Waals surface area contributed by atoms with Gasteiger partial charge in [0.2, 0.25) is 0 Å². The summed E-state index contributed by atoms with van der Waals surface area (Å²) in [6.07, 6.45) is 2.44. The number of hydrogen-bond donors (Lipinski definition) is 2. The highest BCUT2D eigenvalue weighted by molar-refractivity contribution is 5.82. The number of nitrogens with two attached hydrogens (primary N) is 1. The molecule has 0 radical (unpaired) electrons. The molecule has 0 bridgehead atoms. The van der Waals surface area contributed by atoms with Crippen molar-refractivity contribution >= 4 is 12.2 Å². The van der Waals surface area contributed by atoms with Gasteiger partial charge in [0.1, 0.15) is 19.0 Å². The Labute approximate surface area is 165 Å². The fraction of sp³-hybridized carbons (Fsp3) is 0.333. The predicted octanol–water partition coefficient (Wildman–Crippen LogP) is 3.42. The lowest BCUT2D eigenvalue weighted by Crippen LogP contribution is -2.24. The van der Waals surface area contributed by atoms with Crippen LogP contribution in [0.5, 0.6) is 17.2 Å². The summed E-state index contributed by atoms with van der Waals surface area (Å²) in [7, 11) is 0. The van der Waals surface area contributed by atoms with Crippen molar-refractivity contribution in [3.63, 3.8) is 0 Å². The summed E-state index contributed by atoms with van der Waals surface area (Å²) in [6.45, 7) is 7.37. The van der Waals surface area contributed by atoms with E-state index in [0.717, 1.165) is 17.7 Å². The zero-order valence-corrected chi connectivity index (χ0v) is 16.5. The molecule has 0 aliphatic heterocycles. The first-order valence-corrected chi connectivity index (χ1v) is 9.23. The van der Waals surface area contributed by atoms with Gasteiger partial charge in [0.15, 0.2) is 11.5 Å². The second-order valence-corrected chi connectivity index (χ2v) is 6.08. The number of urea groups is 1. The van der Waals surface area contributed by atoms with E-state index in [1.165, 1.54) is 17.3 Å². The third-order valence-electron chi connectivity index (χ3n) is 3.78. The van der Waals surface area contributed by atoms with Gasteiger partial charge in [-0.15, -0.1) is 0 Å². The van der Waals surface area contributed by atoms with Gasteiger partial charge in [-0.1, -0.05) is 13.0 Å². The highest BCUT2D eigenvalue weighted by Crippen LogP contribution is 2.28. The molecule has 2 rings (SSSR count). The Kier molecular flexibility index (Phi) is 8.14. The van der Waals surface area contributed by atoms with Gasteiger partial charge in [-0.05, 0) is 67.3 Å². The van der Waals surface area contributed by atoms with Crippen molar-refractivity contribution in [2.75, 3.05) is 19.8 Å². The first-order chi connectivity index (χ1) is 13.5. The monoisotopic (exact) mass is 385 g/mol. The minimum absolute atomic E-state index is 0.381. The van der Waals surface area contributed by atoms with Gasteiger partial charge < -0.3 is 19.9 Å². The lowest BCUT2D eigenvalue weighted by atomic mass is 10.1. The highest BCUT2D eigenvalue weighted by Gasteiger charge is 2.07. The Morgan fingerprint density at radius 1 is 1.07 bits per heavy atom. The van der Waals surface area contributed by atoms with Crippen LogP contribution in [0.3, 0.4) is 0 Å². The van der Waals surface area contributed by atoms with Gasteiger partial charge in [-0.25, -0.2) is 10.2 Å². The summed E-state index contributed by atoms with van der Waals surface area (Å²) in [5, 5.41) is 3.74. The van der Waals surface area contributed by atoms with E-state index in [1.54, 1.807) is 18.2 Å². The average Bonchev–Trinajstić information content (AvgIpc) is 2.66. The highest BCUT2D eigenvalue weighted by atomic mass is 16.5. The van der Waals surface area contributed by atoms with Crippen LogP contribution in [0.2, 0.25) is 0 Å². The third-order valence-corrected chi connectivity index (χ3v) is 3.78. The molecule has 7 nitrogen and oxygen atoms in total. The van der Waals surface area contributed by atoms with Gasteiger partial charge in [0, 0.05) is 0 Å². The molecule has 0 unspecified atom stereocenters. The van der Waals surface area contributed by atoms with E-state index in [4.69, 9.17) is 19.9 Å². The Morgan fingerprint density at radius 2 is 1.86 bits per heavy atom. The van der Waals surface area contributed by atoms with Crippen LogP contribution in [0.15, 0.2) is 41.5 Å².